The van der Waals surface area contributed by atoms with Gasteiger partial charge < -0.3 is 5.11 Å². The topological polar surface area (TPSA) is 20.2 Å². The summed E-state index contributed by atoms with van der Waals surface area (Å²) in [6.07, 6.45) is 19.5. The van der Waals surface area contributed by atoms with Crippen LogP contribution in [0.2, 0.25) is 0 Å². The third kappa shape index (κ3) is 5.09. The molecule has 0 aromatic carbocycles. The van der Waals surface area contributed by atoms with Crippen LogP contribution in [-0.4, -0.2) is 11.2 Å². The molecule has 3 aliphatic carbocycles. The van der Waals surface area contributed by atoms with Crippen molar-refractivity contribution in [2.75, 3.05) is 0 Å². The number of aliphatic hydroxyl groups is 1. The van der Waals surface area contributed by atoms with Crippen LogP contribution >= 0.6 is 0 Å². The standard InChI is InChI=1S/C28H46O/c1-19(2)20(3)9-10-22(5)26-15-16-27-23(8-7-17-28(26,27)6)12-13-24-18-25(29)14-11-21(24)4/h9-10,12-13,19-22,25-27,29H,7-8,11,14-18H2,1-6H3/b10-9+,23-12?,24-13?/t20-,21-,22+,25-,26+,27-,28+/m0/s1. The molecule has 0 aromatic rings. The van der Waals surface area contributed by atoms with Gasteiger partial charge in [-0.3, -0.25) is 0 Å². The molecule has 0 spiro atoms. The lowest BCUT2D eigenvalue weighted by molar-refractivity contribution is 0.112. The lowest BCUT2D eigenvalue weighted by Crippen LogP contribution is -2.35. The maximum absolute atomic E-state index is 10.1. The number of hydrogen-bond acceptors (Lipinski definition) is 1. The summed E-state index contributed by atoms with van der Waals surface area (Å²) in [7, 11) is 0. The van der Waals surface area contributed by atoms with Crippen LogP contribution < -0.4 is 0 Å². The van der Waals surface area contributed by atoms with E-state index in [2.05, 4.69) is 65.8 Å². The summed E-state index contributed by atoms with van der Waals surface area (Å²) in [5.74, 6) is 4.29. The van der Waals surface area contributed by atoms with Gasteiger partial charge in [-0.05, 0) is 92.3 Å². The monoisotopic (exact) mass is 398 g/mol. The summed E-state index contributed by atoms with van der Waals surface area (Å²) >= 11 is 0. The van der Waals surface area contributed by atoms with E-state index in [9.17, 15) is 5.11 Å². The molecule has 1 N–H and O–H groups in total. The smallest absolute Gasteiger partial charge is 0.0577 e. The Hall–Kier alpha value is -0.820. The van der Waals surface area contributed by atoms with Crippen molar-refractivity contribution < 1.29 is 5.11 Å². The quantitative estimate of drug-likeness (QED) is 0.470. The number of hydrogen-bond donors (Lipinski definition) is 1. The van der Waals surface area contributed by atoms with E-state index >= 15 is 0 Å². The normalized spacial score (nSPS) is 40.7. The Morgan fingerprint density at radius 1 is 0.966 bits per heavy atom. The first-order valence-corrected chi connectivity index (χ1v) is 12.5. The summed E-state index contributed by atoms with van der Waals surface area (Å²) in [5, 5.41) is 10.1. The first-order valence-electron chi connectivity index (χ1n) is 12.5. The van der Waals surface area contributed by atoms with E-state index in [1.165, 1.54) is 37.7 Å². The van der Waals surface area contributed by atoms with Crippen molar-refractivity contribution in [2.24, 2.45) is 40.9 Å². The molecule has 0 bridgehead atoms. The summed E-state index contributed by atoms with van der Waals surface area (Å²) in [6, 6.07) is 0. The summed E-state index contributed by atoms with van der Waals surface area (Å²) in [6.45, 7) is 14.4. The maximum Gasteiger partial charge on any atom is 0.0577 e. The Balaban J connectivity index is 1.74. The highest BCUT2D eigenvalue weighted by Crippen LogP contribution is 2.59. The van der Waals surface area contributed by atoms with Crippen LogP contribution in [0.3, 0.4) is 0 Å². The molecule has 0 unspecified atom stereocenters. The van der Waals surface area contributed by atoms with Crippen molar-refractivity contribution in [3.8, 4) is 0 Å². The predicted octanol–water partition coefficient (Wildman–Crippen LogP) is 7.72. The Morgan fingerprint density at radius 3 is 2.41 bits per heavy atom. The van der Waals surface area contributed by atoms with E-state index in [0.717, 1.165) is 37.0 Å². The van der Waals surface area contributed by atoms with Crippen molar-refractivity contribution in [3.63, 3.8) is 0 Å². The molecule has 0 radical (unpaired) electrons. The molecular formula is C28H46O. The van der Waals surface area contributed by atoms with E-state index < -0.39 is 0 Å². The van der Waals surface area contributed by atoms with E-state index in [1.807, 2.05) is 0 Å². The zero-order chi connectivity index (χ0) is 21.2. The minimum absolute atomic E-state index is 0.121. The predicted molar refractivity (Wildman–Crippen MR) is 126 cm³/mol. The van der Waals surface area contributed by atoms with E-state index in [4.69, 9.17) is 0 Å². The van der Waals surface area contributed by atoms with E-state index in [0.29, 0.717) is 23.2 Å². The zero-order valence-corrected chi connectivity index (χ0v) is 20.0. The van der Waals surface area contributed by atoms with Gasteiger partial charge in [-0.1, -0.05) is 77.0 Å². The molecule has 1 nitrogen and oxygen atoms in total. The molecule has 0 heterocycles. The number of allylic oxidation sites excluding steroid dienone is 5. The first kappa shape index (κ1) is 22.9. The van der Waals surface area contributed by atoms with Crippen molar-refractivity contribution in [3.05, 3.63) is 35.5 Å². The van der Waals surface area contributed by atoms with Crippen LogP contribution in [0.4, 0.5) is 0 Å². The molecule has 0 aliphatic heterocycles. The highest BCUT2D eigenvalue weighted by atomic mass is 16.3. The number of fused-ring (bicyclic) bond motifs is 1. The molecule has 3 aliphatic rings. The highest BCUT2D eigenvalue weighted by Gasteiger charge is 2.50. The molecule has 0 aromatic heterocycles. The van der Waals surface area contributed by atoms with Crippen LogP contribution in [0.1, 0.15) is 92.9 Å². The lowest BCUT2D eigenvalue weighted by atomic mass is 9.61. The van der Waals surface area contributed by atoms with Crippen LogP contribution in [0.25, 0.3) is 0 Å². The van der Waals surface area contributed by atoms with Gasteiger partial charge in [0.25, 0.3) is 0 Å². The highest BCUT2D eigenvalue weighted by molar-refractivity contribution is 5.27. The molecule has 3 fully saturated rings. The fraction of sp³-hybridized carbons (Fsp3) is 0.786. The molecule has 0 saturated heterocycles. The Morgan fingerprint density at radius 2 is 1.69 bits per heavy atom. The Bertz CT molecular complexity index is 639. The van der Waals surface area contributed by atoms with Gasteiger partial charge in [-0.25, -0.2) is 0 Å². The van der Waals surface area contributed by atoms with Crippen LogP contribution in [-0.2, 0) is 0 Å². The van der Waals surface area contributed by atoms with Crippen LogP contribution in [0.15, 0.2) is 35.5 Å². The first-order chi connectivity index (χ1) is 13.7. The molecule has 3 saturated carbocycles. The largest absolute Gasteiger partial charge is 0.393 e. The fourth-order valence-electron chi connectivity index (χ4n) is 6.50. The molecule has 29 heavy (non-hydrogen) atoms. The van der Waals surface area contributed by atoms with Gasteiger partial charge in [0.15, 0.2) is 0 Å². The molecule has 164 valence electrons. The summed E-state index contributed by atoms with van der Waals surface area (Å²) in [5.41, 5.74) is 3.63. The van der Waals surface area contributed by atoms with Crippen molar-refractivity contribution in [1.82, 2.24) is 0 Å². The van der Waals surface area contributed by atoms with Gasteiger partial charge in [0.1, 0.15) is 0 Å². The number of rotatable bonds is 5. The molecular weight excluding hydrogens is 352 g/mol. The third-order valence-corrected chi connectivity index (χ3v) is 8.99. The van der Waals surface area contributed by atoms with Crippen LogP contribution in [0.5, 0.6) is 0 Å². The van der Waals surface area contributed by atoms with Crippen molar-refractivity contribution in [1.29, 1.82) is 0 Å². The van der Waals surface area contributed by atoms with Gasteiger partial charge >= 0.3 is 0 Å². The van der Waals surface area contributed by atoms with Crippen molar-refractivity contribution >= 4 is 0 Å². The molecule has 0 amide bonds. The molecule has 7 atom stereocenters. The minimum atomic E-state index is -0.121. The SMILES string of the molecule is CC(C)[C@@H](C)/C=C/[C@@H](C)[C@H]1CC[C@H]2C(=CC=C3C[C@@H](O)CC[C@@H]3C)CCC[C@]12C. The van der Waals surface area contributed by atoms with Crippen LogP contribution in [0, 0.1) is 40.9 Å². The average Bonchev–Trinajstić information content (AvgIpc) is 3.04. The second-order valence-electron chi connectivity index (χ2n) is 11.3. The van der Waals surface area contributed by atoms with Gasteiger partial charge in [-0.2, -0.15) is 0 Å². The average molecular weight is 399 g/mol. The number of aliphatic hydroxyl groups excluding tert-OH is 1. The van der Waals surface area contributed by atoms with Crippen molar-refractivity contribution in [2.45, 2.75) is 99.0 Å². The fourth-order valence-corrected chi connectivity index (χ4v) is 6.50. The Labute approximate surface area is 180 Å². The van der Waals surface area contributed by atoms with Gasteiger partial charge in [0, 0.05) is 0 Å². The minimum Gasteiger partial charge on any atom is -0.393 e. The van der Waals surface area contributed by atoms with Gasteiger partial charge in [0.2, 0.25) is 0 Å². The third-order valence-electron chi connectivity index (χ3n) is 8.99. The van der Waals surface area contributed by atoms with Gasteiger partial charge in [-0.15, -0.1) is 0 Å². The van der Waals surface area contributed by atoms with E-state index in [-0.39, 0.29) is 6.10 Å². The maximum atomic E-state index is 10.1. The zero-order valence-electron chi connectivity index (χ0n) is 20.0. The van der Waals surface area contributed by atoms with Gasteiger partial charge in [0.05, 0.1) is 6.10 Å². The Kier molecular flexibility index (Phi) is 7.52. The second-order valence-corrected chi connectivity index (χ2v) is 11.3. The molecule has 1 heteroatoms. The molecule has 3 rings (SSSR count). The second kappa shape index (κ2) is 9.54. The summed E-state index contributed by atoms with van der Waals surface area (Å²) in [4.78, 5) is 0. The van der Waals surface area contributed by atoms with E-state index in [1.54, 1.807) is 5.57 Å². The summed E-state index contributed by atoms with van der Waals surface area (Å²) < 4.78 is 0. The lowest BCUT2D eigenvalue weighted by Gasteiger charge is -2.44.